The van der Waals surface area contributed by atoms with Crippen LogP contribution in [-0.4, -0.2) is 0 Å². The SMILES string of the molecule is c1ccc2c(c1)c1c(c3ccccc32)OCc2cc3c(cc2CO1)COc1c(c2ccccc2c2ccccc12)OC3. The summed E-state index contributed by atoms with van der Waals surface area (Å²) in [6.45, 7) is 1.80. The van der Waals surface area contributed by atoms with Crippen LogP contribution in [-0.2, 0) is 26.4 Å². The zero-order valence-electron chi connectivity index (χ0n) is 22.9. The van der Waals surface area contributed by atoms with E-state index in [4.69, 9.17) is 18.9 Å². The van der Waals surface area contributed by atoms with Crippen molar-refractivity contribution in [3.8, 4) is 23.0 Å². The number of benzene rings is 7. The van der Waals surface area contributed by atoms with Crippen molar-refractivity contribution in [3.05, 3.63) is 131 Å². The summed E-state index contributed by atoms with van der Waals surface area (Å²) in [5.41, 5.74) is 4.41. The highest BCUT2D eigenvalue weighted by Gasteiger charge is 2.24. The molecule has 202 valence electrons. The van der Waals surface area contributed by atoms with Gasteiger partial charge in [0.15, 0.2) is 23.0 Å². The van der Waals surface area contributed by atoms with Crippen LogP contribution in [0.25, 0.3) is 43.1 Å². The van der Waals surface area contributed by atoms with Gasteiger partial charge in [-0.15, -0.1) is 0 Å². The van der Waals surface area contributed by atoms with Crippen molar-refractivity contribution in [1.29, 1.82) is 0 Å². The van der Waals surface area contributed by atoms with Gasteiger partial charge >= 0.3 is 0 Å². The highest BCUT2D eigenvalue weighted by atomic mass is 16.5. The fraction of sp³-hybridized carbons (Fsp3) is 0.105. The largest absolute Gasteiger partial charge is 0.484 e. The summed E-state index contributed by atoms with van der Waals surface area (Å²) in [4.78, 5) is 0. The second kappa shape index (κ2) is 9.15. The van der Waals surface area contributed by atoms with E-state index < -0.39 is 0 Å². The van der Waals surface area contributed by atoms with E-state index in [0.29, 0.717) is 26.4 Å². The molecule has 4 heteroatoms. The van der Waals surface area contributed by atoms with Crippen LogP contribution in [0.4, 0.5) is 0 Å². The van der Waals surface area contributed by atoms with Crippen molar-refractivity contribution in [1.82, 2.24) is 0 Å². The Morgan fingerprint density at radius 2 is 0.500 bits per heavy atom. The second-order valence-corrected chi connectivity index (χ2v) is 11.0. The molecule has 4 nitrogen and oxygen atoms in total. The van der Waals surface area contributed by atoms with Gasteiger partial charge in [-0.05, 0) is 55.9 Å². The van der Waals surface area contributed by atoms with E-state index in [1.165, 1.54) is 21.5 Å². The first-order valence-electron chi connectivity index (χ1n) is 14.3. The minimum absolute atomic E-state index is 0.451. The van der Waals surface area contributed by atoms with E-state index in [2.05, 4.69) is 109 Å². The maximum absolute atomic E-state index is 6.59. The van der Waals surface area contributed by atoms with Gasteiger partial charge in [0, 0.05) is 21.5 Å². The Balaban J connectivity index is 1.13. The Bertz CT molecular complexity index is 1900. The Labute approximate surface area is 242 Å². The monoisotopic (exact) mass is 546 g/mol. The summed E-state index contributed by atoms with van der Waals surface area (Å²) < 4.78 is 26.4. The summed E-state index contributed by atoms with van der Waals surface area (Å²) in [6, 6.07) is 38.0. The molecule has 0 aromatic heterocycles. The van der Waals surface area contributed by atoms with E-state index in [9.17, 15) is 0 Å². The first-order valence-corrected chi connectivity index (χ1v) is 14.3. The summed E-state index contributed by atoms with van der Waals surface area (Å²) in [5, 5.41) is 8.91. The molecule has 0 aliphatic carbocycles. The third-order valence-electron chi connectivity index (χ3n) is 8.69. The molecule has 0 spiro atoms. The van der Waals surface area contributed by atoms with Crippen LogP contribution in [0.5, 0.6) is 23.0 Å². The van der Waals surface area contributed by atoms with Gasteiger partial charge in [0.2, 0.25) is 0 Å². The average Bonchev–Trinajstić information content (AvgIpc) is 3.03. The fourth-order valence-corrected chi connectivity index (χ4v) is 6.65. The third-order valence-corrected chi connectivity index (χ3v) is 8.69. The van der Waals surface area contributed by atoms with Crippen LogP contribution >= 0.6 is 0 Å². The number of ether oxygens (including phenoxy) is 4. The van der Waals surface area contributed by atoms with Crippen molar-refractivity contribution in [2.45, 2.75) is 26.4 Å². The molecule has 42 heavy (non-hydrogen) atoms. The van der Waals surface area contributed by atoms with Gasteiger partial charge in [-0.3, -0.25) is 0 Å². The van der Waals surface area contributed by atoms with Crippen molar-refractivity contribution in [2.75, 3.05) is 0 Å². The molecule has 2 aliphatic heterocycles. The summed E-state index contributed by atoms with van der Waals surface area (Å²) in [5.74, 6) is 3.20. The summed E-state index contributed by atoms with van der Waals surface area (Å²) >= 11 is 0. The number of fused-ring (bicyclic) bond motifs is 14. The van der Waals surface area contributed by atoms with E-state index >= 15 is 0 Å². The van der Waals surface area contributed by atoms with Crippen LogP contribution in [0.1, 0.15) is 22.3 Å². The zero-order valence-corrected chi connectivity index (χ0v) is 22.9. The van der Waals surface area contributed by atoms with Crippen molar-refractivity contribution in [3.63, 3.8) is 0 Å². The lowest BCUT2D eigenvalue weighted by molar-refractivity contribution is 0.234. The molecule has 7 aromatic carbocycles. The first kappa shape index (κ1) is 23.5. The number of hydrogen-bond donors (Lipinski definition) is 0. The fourth-order valence-electron chi connectivity index (χ4n) is 6.65. The van der Waals surface area contributed by atoms with Gasteiger partial charge in [-0.1, -0.05) is 97.1 Å². The molecule has 2 heterocycles. The molecule has 0 N–H and O–H groups in total. The number of rotatable bonds is 0. The molecule has 0 unspecified atom stereocenters. The molecule has 0 saturated heterocycles. The van der Waals surface area contributed by atoms with Gasteiger partial charge in [0.1, 0.15) is 26.4 Å². The Kier molecular flexibility index (Phi) is 5.12. The minimum atomic E-state index is 0.451. The normalized spacial score (nSPS) is 14.1. The van der Waals surface area contributed by atoms with Gasteiger partial charge in [0.05, 0.1) is 0 Å². The molecule has 0 radical (unpaired) electrons. The molecule has 2 aliphatic rings. The molecule has 0 amide bonds. The predicted molar refractivity (Wildman–Crippen MR) is 167 cm³/mol. The van der Waals surface area contributed by atoms with Crippen molar-refractivity contribution < 1.29 is 18.9 Å². The molecule has 7 aromatic rings. The van der Waals surface area contributed by atoms with E-state index in [-0.39, 0.29) is 0 Å². The Hall–Kier alpha value is -5.22. The van der Waals surface area contributed by atoms with E-state index in [1.807, 2.05) is 0 Å². The lowest BCUT2D eigenvalue weighted by atomic mass is 9.97. The molecule has 0 fully saturated rings. The third kappa shape index (κ3) is 3.48. The van der Waals surface area contributed by atoms with Crippen LogP contribution < -0.4 is 18.9 Å². The molecule has 0 atom stereocenters. The molecule has 9 rings (SSSR count). The minimum Gasteiger partial charge on any atom is -0.484 e. The summed E-state index contributed by atoms with van der Waals surface area (Å²) in [6.07, 6.45) is 0. The zero-order chi connectivity index (χ0) is 27.6. The van der Waals surface area contributed by atoms with E-state index in [1.54, 1.807) is 0 Å². The quantitative estimate of drug-likeness (QED) is 0.178. The van der Waals surface area contributed by atoms with Crippen LogP contribution in [0, 0.1) is 0 Å². The van der Waals surface area contributed by atoms with Crippen LogP contribution in [0.3, 0.4) is 0 Å². The number of hydrogen-bond acceptors (Lipinski definition) is 4. The van der Waals surface area contributed by atoms with Gasteiger partial charge < -0.3 is 18.9 Å². The predicted octanol–water partition coefficient (Wildman–Crippen LogP) is 9.24. The second-order valence-electron chi connectivity index (χ2n) is 11.0. The standard InChI is InChI=1S/C38H26O4/c1-5-13-31-27(9-1)28-10-2-6-14-32(28)36-35(31)39-19-23-17-25-21-41-37-33-15-7-3-11-29(33)30-12-4-8-16-34(30)38(37)42-22-26(25)18-24(23)20-40-36/h1-18H,19-22H2. The smallest absolute Gasteiger partial charge is 0.170 e. The van der Waals surface area contributed by atoms with Crippen molar-refractivity contribution >= 4 is 43.1 Å². The Morgan fingerprint density at radius 3 is 0.738 bits per heavy atom. The van der Waals surface area contributed by atoms with Gasteiger partial charge in [0.25, 0.3) is 0 Å². The molecule has 0 bridgehead atoms. The lowest BCUT2D eigenvalue weighted by Crippen LogP contribution is -2.14. The lowest BCUT2D eigenvalue weighted by Gasteiger charge is -2.26. The van der Waals surface area contributed by atoms with E-state index in [0.717, 1.165) is 66.8 Å². The molecular weight excluding hydrogens is 520 g/mol. The van der Waals surface area contributed by atoms with Gasteiger partial charge in [-0.25, -0.2) is 0 Å². The van der Waals surface area contributed by atoms with Crippen LogP contribution in [0.2, 0.25) is 0 Å². The first-order chi connectivity index (χ1) is 20.8. The molecule has 0 saturated carbocycles. The highest BCUT2D eigenvalue weighted by molar-refractivity contribution is 6.14. The summed E-state index contributed by atoms with van der Waals surface area (Å²) in [7, 11) is 0. The van der Waals surface area contributed by atoms with Gasteiger partial charge in [-0.2, -0.15) is 0 Å². The van der Waals surface area contributed by atoms with Crippen molar-refractivity contribution in [2.24, 2.45) is 0 Å². The maximum Gasteiger partial charge on any atom is 0.170 e. The van der Waals surface area contributed by atoms with Crippen LogP contribution in [0.15, 0.2) is 109 Å². The topological polar surface area (TPSA) is 36.9 Å². The average molecular weight is 547 g/mol. The maximum atomic E-state index is 6.59. The Morgan fingerprint density at radius 1 is 0.286 bits per heavy atom. The highest BCUT2D eigenvalue weighted by Crippen LogP contribution is 2.47. The molecular formula is C38H26O4.